The highest BCUT2D eigenvalue weighted by atomic mass is 15.0. The van der Waals surface area contributed by atoms with Crippen LogP contribution in [0.25, 0.3) is 24.3 Å². The number of aromatic nitrogens is 1. The van der Waals surface area contributed by atoms with Crippen LogP contribution < -0.4 is 0 Å². The molecule has 0 aromatic carbocycles. The lowest BCUT2D eigenvalue weighted by Gasteiger charge is -2.00. The average Bonchev–Trinajstić information content (AvgIpc) is 2.51. The van der Waals surface area contributed by atoms with Crippen molar-refractivity contribution in [3.05, 3.63) is 48.3 Å². The second-order valence-corrected chi connectivity index (χ2v) is 3.27. The predicted octanol–water partition coefficient (Wildman–Crippen LogP) is 3.99. The molecule has 0 aliphatic heterocycles. The summed E-state index contributed by atoms with van der Waals surface area (Å²) in [6.45, 7) is 13.5. The summed E-state index contributed by atoms with van der Waals surface area (Å²) < 4.78 is 2.10. The second kappa shape index (κ2) is 4.65. The van der Waals surface area contributed by atoms with E-state index in [0.717, 1.165) is 22.5 Å². The fraction of sp³-hybridized carbons (Fsp3) is 0.143. The van der Waals surface area contributed by atoms with Gasteiger partial charge in [0.2, 0.25) is 0 Å². The Kier molecular flexibility index (Phi) is 3.51. The molecule has 0 radical (unpaired) electrons. The van der Waals surface area contributed by atoms with Crippen LogP contribution in [-0.4, -0.2) is 4.57 Å². The maximum Gasteiger partial charge on any atom is 0.0485 e. The van der Waals surface area contributed by atoms with Crippen LogP contribution in [-0.2, 0) is 7.05 Å². The van der Waals surface area contributed by atoms with Crippen LogP contribution in [0.2, 0.25) is 0 Å². The molecule has 1 aromatic heterocycles. The maximum absolute atomic E-state index is 3.84. The van der Waals surface area contributed by atoms with Gasteiger partial charge < -0.3 is 4.57 Å². The van der Waals surface area contributed by atoms with E-state index in [2.05, 4.69) is 30.4 Å². The van der Waals surface area contributed by atoms with Gasteiger partial charge in [0.1, 0.15) is 0 Å². The van der Waals surface area contributed by atoms with Crippen LogP contribution in [0, 0.1) is 0 Å². The van der Waals surface area contributed by atoms with E-state index < -0.39 is 0 Å². The Morgan fingerprint density at radius 3 is 1.87 bits per heavy atom. The van der Waals surface area contributed by atoms with E-state index in [0.29, 0.717) is 0 Å². The first-order valence-corrected chi connectivity index (χ1v) is 4.93. The van der Waals surface area contributed by atoms with E-state index in [-0.39, 0.29) is 0 Å². The molecule has 0 amide bonds. The van der Waals surface area contributed by atoms with Crippen molar-refractivity contribution in [2.24, 2.45) is 7.05 Å². The minimum atomic E-state index is 1.08. The fourth-order valence-electron chi connectivity index (χ4n) is 1.80. The molecular formula is C14H17N. The number of hydrogen-bond donors (Lipinski definition) is 0. The second-order valence-electron chi connectivity index (χ2n) is 3.27. The van der Waals surface area contributed by atoms with Crippen LogP contribution >= 0.6 is 0 Å². The molecule has 1 aromatic rings. The third-order valence-electron chi connectivity index (χ3n) is 2.49. The van der Waals surface area contributed by atoms with E-state index >= 15 is 0 Å². The number of allylic oxidation sites excluding steroid dienone is 1. The lowest BCUT2D eigenvalue weighted by atomic mass is 10.1. The highest BCUT2D eigenvalue weighted by molar-refractivity contribution is 5.78. The molecule has 1 rings (SSSR count). The summed E-state index contributed by atoms with van der Waals surface area (Å²) in [6.07, 6.45) is 9.64. The van der Waals surface area contributed by atoms with Crippen molar-refractivity contribution in [1.29, 1.82) is 0 Å². The Morgan fingerprint density at radius 2 is 1.47 bits per heavy atom. The molecular weight excluding hydrogens is 182 g/mol. The van der Waals surface area contributed by atoms with Gasteiger partial charge in [-0.1, -0.05) is 38.0 Å². The smallest absolute Gasteiger partial charge is 0.0485 e. The maximum atomic E-state index is 3.84. The van der Waals surface area contributed by atoms with Crippen molar-refractivity contribution in [1.82, 2.24) is 4.57 Å². The van der Waals surface area contributed by atoms with Crippen molar-refractivity contribution in [3.63, 3.8) is 0 Å². The van der Waals surface area contributed by atoms with Crippen molar-refractivity contribution < 1.29 is 0 Å². The number of rotatable bonds is 4. The molecule has 0 saturated heterocycles. The number of hydrogen-bond acceptors (Lipinski definition) is 0. The Balaban J connectivity index is 3.64. The molecule has 0 N–H and O–H groups in total. The van der Waals surface area contributed by atoms with Gasteiger partial charge >= 0.3 is 0 Å². The molecule has 1 nitrogen and oxygen atoms in total. The summed E-state index contributed by atoms with van der Waals surface area (Å²) in [5, 5.41) is 0. The Bertz CT molecular complexity index is 431. The van der Waals surface area contributed by atoms with E-state index in [1.54, 1.807) is 0 Å². The average molecular weight is 199 g/mol. The van der Waals surface area contributed by atoms with E-state index in [1.165, 1.54) is 0 Å². The van der Waals surface area contributed by atoms with Crippen LogP contribution in [0.5, 0.6) is 0 Å². The van der Waals surface area contributed by atoms with Gasteiger partial charge in [-0.2, -0.15) is 0 Å². The zero-order valence-corrected chi connectivity index (χ0v) is 9.46. The first kappa shape index (κ1) is 11.3. The molecule has 0 saturated carbocycles. The van der Waals surface area contributed by atoms with Gasteiger partial charge in [-0.05, 0) is 19.1 Å². The molecule has 0 spiro atoms. The van der Waals surface area contributed by atoms with Crippen LogP contribution in [0.15, 0.2) is 25.8 Å². The van der Waals surface area contributed by atoms with Crippen LogP contribution in [0.4, 0.5) is 0 Å². The van der Waals surface area contributed by atoms with Gasteiger partial charge in [0.05, 0.1) is 0 Å². The van der Waals surface area contributed by atoms with Gasteiger partial charge in [0, 0.05) is 29.6 Å². The largest absolute Gasteiger partial charge is 0.344 e. The van der Waals surface area contributed by atoms with E-state index in [4.69, 9.17) is 0 Å². The molecule has 0 aliphatic rings. The lowest BCUT2D eigenvalue weighted by molar-refractivity contribution is 0.901. The van der Waals surface area contributed by atoms with Crippen molar-refractivity contribution >= 4 is 24.3 Å². The molecule has 15 heavy (non-hydrogen) atoms. The van der Waals surface area contributed by atoms with E-state index in [1.807, 2.05) is 38.3 Å². The Hall–Kier alpha value is -1.76. The van der Waals surface area contributed by atoms with Crippen molar-refractivity contribution in [2.75, 3.05) is 0 Å². The monoisotopic (exact) mass is 199 g/mol. The third kappa shape index (κ3) is 1.73. The minimum Gasteiger partial charge on any atom is -0.344 e. The highest BCUT2D eigenvalue weighted by Crippen LogP contribution is 2.26. The first-order chi connectivity index (χ1) is 7.21. The normalized spacial score (nSPS) is 10.5. The summed E-state index contributed by atoms with van der Waals surface area (Å²) in [6, 6.07) is 0. The van der Waals surface area contributed by atoms with Crippen molar-refractivity contribution in [2.45, 2.75) is 6.92 Å². The summed E-state index contributed by atoms with van der Waals surface area (Å²) in [7, 11) is 2.02. The summed E-state index contributed by atoms with van der Waals surface area (Å²) in [5.74, 6) is 0. The third-order valence-corrected chi connectivity index (χ3v) is 2.49. The standard InChI is InChI=1S/C14H17N/c1-6-10-14-12(8-3)11(7-2)13(9-4)15(14)5/h6-10H,2-4H2,1,5H3/b10-6-. The van der Waals surface area contributed by atoms with Gasteiger partial charge in [0.25, 0.3) is 0 Å². The fourth-order valence-corrected chi connectivity index (χ4v) is 1.80. The molecule has 1 heterocycles. The molecule has 0 aliphatic carbocycles. The number of nitrogens with zero attached hydrogens (tertiary/aromatic N) is 1. The Labute approximate surface area is 91.7 Å². The van der Waals surface area contributed by atoms with Crippen LogP contribution in [0.3, 0.4) is 0 Å². The van der Waals surface area contributed by atoms with Gasteiger partial charge in [-0.15, -0.1) is 0 Å². The predicted molar refractivity (Wildman–Crippen MR) is 70.4 cm³/mol. The zero-order valence-electron chi connectivity index (χ0n) is 9.46. The first-order valence-electron chi connectivity index (χ1n) is 4.93. The SMILES string of the molecule is C=Cc1c(C=C)c(/C=C\C)n(C)c1C=C. The van der Waals surface area contributed by atoms with Crippen LogP contribution in [0.1, 0.15) is 29.4 Å². The lowest BCUT2D eigenvalue weighted by Crippen LogP contribution is -1.93. The van der Waals surface area contributed by atoms with Gasteiger partial charge in [0.15, 0.2) is 0 Å². The highest BCUT2D eigenvalue weighted by Gasteiger charge is 2.12. The van der Waals surface area contributed by atoms with Gasteiger partial charge in [-0.3, -0.25) is 0 Å². The molecule has 0 bridgehead atoms. The summed E-state index contributed by atoms with van der Waals surface area (Å²) >= 11 is 0. The zero-order chi connectivity index (χ0) is 11.4. The molecule has 0 fully saturated rings. The molecule has 0 atom stereocenters. The quantitative estimate of drug-likeness (QED) is 0.691. The van der Waals surface area contributed by atoms with Gasteiger partial charge in [-0.25, -0.2) is 0 Å². The molecule has 78 valence electrons. The summed E-state index contributed by atoms with van der Waals surface area (Å²) in [4.78, 5) is 0. The van der Waals surface area contributed by atoms with Crippen molar-refractivity contribution in [3.8, 4) is 0 Å². The van der Waals surface area contributed by atoms with E-state index in [9.17, 15) is 0 Å². The molecule has 0 unspecified atom stereocenters. The molecule has 1 heteroatoms. The Morgan fingerprint density at radius 1 is 0.933 bits per heavy atom. The topological polar surface area (TPSA) is 4.93 Å². The minimum absolute atomic E-state index is 1.08. The summed E-state index contributed by atoms with van der Waals surface area (Å²) in [5.41, 5.74) is 4.42.